The molecule has 1 amide bonds. The Morgan fingerprint density at radius 3 is 2.57 bits per heavy atom. The highest BCUT2D eigenvalue weighted by Crippen LogP contribution is 2.33. The van der Waals surface area contributed by atoms with Crippen LogP contribution in [-0.2, 0) is 4.79 Å². The summed E-state index contributed by atoms with van der Waals surface area (Å²) in [6, 6.07) is 2.43. The van der Waals surface area contributed by atoms with Crippen molar-refractivity contribution in [2.24, 2.45) is 0 Å². The number of rotatable bonds is 1. The average molecular weight is 234 g/mol. The second-order valence-corrected chi connectivity index (χ2v) is 3.93. The van der Waals surface area contributed by atoms with Crippen LogP contribution in [0.15, 0.2) is 12.1 Å². The average Bonchev–Trinajstić information content (AvgIpc) is 2.07. The van der Waals surface area contributed by atoms with Crippen LogP contribution in [0.5, 0.6) is 0 Å². The van der Waals surface area contributed by atoms with E-state index < -0.39 is 5.82 Å². The molecule has 74 valence electrons. The van der Waals surface area contributed by atoms with Crippen molar-refractivity contribution < 1.29 is 9.18 Å². The van der Waals surface area contributed by atoms with Gasteiger partial charge >= 0.3 is 0 Å². The lowest BCUT2D eigenvalue weighted by Gasteiger charge is -2.28. The Bertz CT molecular complexity index is 400. The molecule has 14 heavy (non-hydrogen) atoms. The highest BCUT2D eigenvalue weighted by molar-refractivity contribution is 6.35. The van der Waals surface area contributed by atoms with E-state index in [9.17, 15) is 9.18 Å². The Balaban J connectivity index is 2.34. The molecular weight excluding hydrogens is 228 g/mol. The lowest BCUT2D eigenvalue weighted by atomic mass is 9.97. The summed E-state index contributed by atoms with van der Waals surface area (Å²) in [6.45, 7) is 0. The minimum atomic E-state index is -0.521. The maximum absolute atomic E-state index is 13.1. The van der Waals surface area contributed by atoms with Gasteiger partial charge in [-0.2, -0.15) is 0 Å². The van der Waals surface area contributed by atoms with Crippen LogP contribution in [0, 0.1) is 5.82 Å². The van der Waals surface area contributed by atoms with Crippen molar-refractivity contribution in [1.82, 2.24) is 5.32 Å². The first-order chi connectivity index (χ1) is 6.58. The molecule has 0 bridgehead atoms. The third kappa shape index (κ3) is 1.57. The molecule has 2 nitrogen and oxygen atoms in total. The Labute approximate surface area is 90.0 Å². The van der Waals surface area contributed by atoms with E-state index in [0.717, 1.165) is 0 Å². The lowest BCUT2D eigenvalue weighted by molar-refractivity contribution is -0.128. The van der Waals surface area contributed by atoms with E-state index >= 15 is 0 Å². The summed E-state index contributed by atoms with van der Waals surface area (Å²) in [5.41, 5.74) is 0.577. The molecule has 1 aliphatic heterocycles. The molecule has 2 rings (SSSR count). The third-order valence-electron chi connectivity index (χ3n) is 2.14. The van der Waals surface area contributed by atoms with Crippen molar-refractivity contribution in [2.45, 2.75) is 12.5 Å². The molecule has 1 heterocycles. The first kappa shape index (κ1) is 9.74. The summed E-state index contributed by atoms with van der Waals surface area (Å²) in [6.07, 6.45) is 0.348. The number of carbonyl (C=O) groups is 1. The summed E-state index contributed by atoms with van der Waals surface area (Å²) in [4.78, 5) is 10.7. The van der Waals surface area contributed by atoms with Crippen LogP contribution in [-0.4, -0.2) is 5.91 Å². The van der Waals surface area contributed by atoms with Gasteiger partial charge in [0.25, 0.3) is 0 Å². The van der Waals surface area contributed by atoms with E-state index in [2.05, 4.69) is 5.32 Å². The van der Waals surface area contributed by atoms with Gasteiger partial charge in [0.15, 0.2) is 0 Å². The number of hydrogen-bond donors (Lipinski definition) is 1. The van der Waals surface area contributed by atoms with Gasteiger partial charge in [-0.05, 0) is 17.7 Å². The van der Waals surface area contributed by atoms with Crippen molar-refractivity contribution >= 4 is 29.1 Å². The maximum Gasteiger partial charge on any atom is 0.222 e. The monoisotopic (exact) mass is 233 g/mol. The SMILES string of the molecule is O=C1CC(c2cc(F)c(Cl)cc2Cl)N1. The Morgan fingerprint density at radius 1 is 1.36 bits per heavy atom. The van der Waals surface area contributed by atoms with Gasteiger partial charge in [0.1, 0.15) is 5.82 Å². The molecule has 0 spiro atoms. The van der Waals surface area contributed by atoms with Crippen molar-refractivity contribution in [3.05, 3.63) is 33.6 Å². The molecule has 1 unspecified atom stereocenters. The van der Waals surface area contributed by atoms with Crippen molar-refractivity contribution in [3.63, 3.8) is 0 Å². The predicted octanol–water partition coefficient (Wildman–Crippen LogP) is 2.69. The summed E-state index contributed by atoms with van der Waals surface area (Å²) >= 11 is 11.4. The second kappa shape index (κ2) is 3.41. The summed E-state index contributed by atoms with van der Waals surface area (Å²) in [7, 11) is 0. The standard InChI is InChI=1S/C9H6Cl2FNO/c10-5-2-6(11)7(12)1-4(5)8-3-9(14)13-8/h1-2,8H,3H2,(H,13,14). The lowest BCUT2D eigenvalue weighted by Crippen LogP contribution is -2.41. The van der Waals surface area contributed by atoms with Gasteiger partial charge in [0.05, 0.1) is 17.5 Å². The number of hydrogen-bond acceptors (Lipinski definition) is 1. The second-order valence-electron chi connectivity index (χ2n) is 3.11. The minimum Gasteiger partial charge on any atom is -0.349 e. The largest absolute Gasteiger partial charge is 0.349 e. The fraction of sp³-hybridized carbons (Fsp3) is 0.222. The predicted molar refractivity (Wildman–Crippen MR) is 51.9 cm³/mol. The van der Waals surface area contributed by atoms with Crippen LogP contribution in [0.1, 0.15) is 18.0 Å². The fourth-order valence-electron chi connectivity index (χ4n) is 1.35. The number of nitrogens with one attached hydrogen (secondary N) is 1. The number of amides is 1. The van der Waals surface area contributed by atoms with Crippen LogP contribution in [0.4, 0.5) is 4.39 Å². The maximum atomic E-state index is 13.1. The van der Waals surface area contributed by atoms with Gasteiger partial charge in [-0.3, -0.25) is 4.79 Å². The molecule has 1 fully saturated rings. The van der Waals surface area contributed by atoms with Crippen molar-refractivity contribution in [1.29, 1.82) is 0 Å². The number of β-lactam (4-membered cyclic amide) rings is 1. The molecule has 0 saturated carbocycles. The molecule has 0 aromatic heterocycles. The van der Waals surface area contributed by atoms with Gasteiger partial charge in [-0.1, -0.05) is 23.2 Å². The van der Waals surface area contributed by atoms with E-state index in [1.165, 1.54) is 12.1 Å². The van der Waals surface area contributed by atoms with E-state index in [1.807, 2.05) is 0 Å². The van der Waals surface area contributed by atoms with Crippen LogP contribution >= 0.6 is 23.2 Å². The first-order valence-electron chi connectivity index (χ1n) is 4.01. The summed E-state index contributed by atoms with van der Waals surface area (Å²) in [5.74, 6) is -0.575. The Kier molecular flexibility index (Phi) is 2.37. The highest BCUT2D eigenvalue weighted by Gasteiger charge is 2.29. The van der Waals surface area contributed by atoms with Crippen LogP contribution < -0.4 is 5.32 Å². The van der Waals surface area contributed by atoms with E-state index in [4.69, 9.17) is 23.2 Å². The normalized spacial score (nSPS) is 20.2. The Morgan fingerprint density at radius 2 is 2.00 bits per heavy atom. The quantitative estimate of drug-likeness (QED) is 0.587. The third-order valence-corrected chi connectivity index (χ3v) is 2.76. The molecule has 1 saturated heterocycles. The van der Waals surface area contributed by atoms with Gasteiger partial charge < -0.3 is 5.32 Å². The van der Waals surface area contributed by atoms with E-state index in [-0.39, 0.29) is 17.0 Å². The number of halogens is 3. The fourth-order valence-corrected chi connectivity index (χ4v) is 1.87. The molecule has 1 N–H and O–H groups in total. The molecule has 0 aliphatic carbocycles. The first-order valence-corrected chi connectivity index (χ1v) is 4.77. The molecule has 5 heteroatoms. The van der Waals surface area contributed by atoms with Crippen molar-refractivity contribution in [2.75, 3.05) is 0 Å². The number of benzene rings is 1. The number of carbonyl (C=O) groups excluding carboxylic acids is 1. The molecule has 1 atom stereocenters. The molecule has 0 radical (unpaired) electrons. The van der Waals surface area contributed by atoms with Crippen molar-refractivity contribution in [3.8, 4) is 0 Å². The van der Waals surface area contributed by atoms with Gasteiger partial charge in [0.2, 0.25) is 5.91 Å². The summed E-state index contributed by atoms with van der Waals surface area (Å²) < 4.78 is 13.1. The van der Waals surface area contributed by atoms with Crippen LogP contribution in [0.25, 0.3) is 0 Å². The zero-order chi connectivity index (χ0) is 10.3. The highest BCUT2D eigenvalue weighted by atomic mass is 35.5. The molecule has 1 aromatic rings. The van der Waals surface area contributed by atoms with E-state index in [1.54, 1.807) is 0 Å². The minimum absolute atomic E-state index is 0.00981. The Hall–Kier alpha value is -0.800. The van der Waals surface area contributed by atoms with Gasteiger partial charge in [0, 0.05) is 5.02 Å². The zero-order valence-corrected chi connectivity index (χ0v) is 8.49. The molecule has 1 aromatic carbocycles. The van der Waals surface area contributed by atoms with E-state index in [0.29, 0.717) is 17.0 Å². The van der Waals surface area contributed by atoms with Crippen LogP contribution in [0.2, 0.25) is 10.0 Å². The van der Waals surface area contributed by atoms with Gasteiger partial charge in [-0.15, -0.1) is 0 Å². The smallest absolute Gasteiger partial charge is 0.222 e. The van der Waals surface area contributed by atoms with Crippen LogP contribution in [0.3, 0.4) is 0 Å². The zero-order valence-electron chi connectivity index (χ0n) is 6.98. The molecule has 1 aliphatic rings. The summed E-state index contributed by atoms with van der Waals surface area (Å²) in [5, 5.41) is 2.98. The van der Waals surface area contributed by atoms with Gasteiger partial charge in [-0.25, -0.2) is 4.39 Å². The topological polar surface area (TPSA) is 29.1 Å². The molecular formula is C9H6Cl2FNO.